The van der Waals surface area contributed by atoms with Gasteiger partial charge in [0, 0.05) is 19.3 Å². The lowest BCUT2D eigenvalue weighted by Gasteiger charge is -2.31. The molecule has 1 amide bonds. The van der Waals surface area contributed by atoms with Crippen molar-refractivity contribution in [1.82, 2.24) is 4.90 Å². The van der Waals surface area contributed by atoms with Gasteiger partial charge in [-0.05, 0) is 36.8 Å². The van der Waals surface area contributed by atoms with Crippen molar-refractivity contribution in [2.24, 2.45) is 5.92 Å². The molecule has 1 saturated heterocycles. The number of piperidine rings is 1. The molecule has 1 fully saturated rings. The van der Waals surface area contributed by atoms with Crippen molar-refractivity contribution in [3.63, 3.8) is 0 Å². The summed E-state index contributed by atoms with van der Waals surface area (Å²) in [6, 6.07) is 7.93. The number of carbonyl (C=O) groups excluding carboxylic acids is 1. The average Bonchev–Trinajstić information content (AvgIpc) is 2.40. The summed E-state index contributed by atoms with van der Waals surface area (Å²) in [6.07, 6.45) is 3.28. The van der Waals surface area contributed by atoms with E-state index >= 15 is 0 Å². The number of amides is 1. The molecule has 0 N–H and O–H groups in total. The number of carbonyl (C=O) groups is 1. The normalized spacial score (nSPS) is 17.0. The van der Waals surface area contributed by atoms with E-state index in [1.165, 1.54) is 6.26 Å². The van der Waals surface area contributed by atoms with Crippen LogP contribution in [0.3, 0.4) is 0 Å². The maximum absolute atomic E-state index is 12.3. The van der Waals surface area contributed by atoms with E-state index in [-0.39, 0.29) is 17.6 Å². The van der Waals surface area contributed by atoms with Crippen LogP contribution in [0.2, 0.25) is 0 Å². The molecule has 1 aliphatic rings. The molecule has 0 bridgehead atoms. The zero-order chi connectivity index (χ0) is 15.5. The Balaban J connectivity index is 1.88. The van der Waals surface area contributed by atoms with E-state index in [9.17, 15) is 13.2 Å². The average molecular weight is 309 g/mol. The Morgan fingerprint density at radius 1 is 1.24 bits per heavy atom. The first-order valence-corrected chi connectivity index (χ1v) is 9.41. The van der Waals surface area contributed by atoms with E-state index in [4.69, 9.17) is 0 Å². The Morgan fingerprint density at radius 2 is 1.86 bits per heavy atom. The van der Waals surface area contributed by atoms with Crippen molar-refractivity contribution in [3.8, 4) is 0 Å². The molecule has 116 valence electrons. The largest absolute Gasteiger partial charge is 0.342 e. The minimum Gasteiger partial charge on any atom is -0.342 e. The summed E-state index contributed by atoms with van der Waals surface area (Å²) in [6.45, 7) is 3.36. The van der Waals surface area contributed by atoms with Gasteiger partial charge >= 0.3 is 0 Å². The van der Waals surface area contributed by atoms with Gasteiger partial charge in [0.05, 0.1) is 12.2 Å². The lowest BCUT2D eigenvalue weighted by Crippen LogP contribution is -2.40. The van der Waals surface area contributed by atoms with Crippen LogP contribution < -0.4 is 0 Å². The Hall–Kier alpha value is -1.36. The third-order valence-electron chi connectivity index (χ3n) is 4.11. The fraction of sp³-hybridized carbons (Fsp3) is 0.562. The zero-order valence-electron chi connectivity index (χ0n) is 12.7. The minimum atomic E-state index is -2.92. The summed E-state index contributed by atoms with van der Waals surface area (Å²) >= 11 is 0. The minimum absolute atomic E-state index is 0.141. The third-order valence-corrected chi connectivity index (χ3v) is 5.19. The maximum atomic E-state index is 12.3. The van der Waals surface area contributed by atoms with Crippen LogP contribution in [-0.4, -0.2) is 44.3 Å². The lowest BCUT2D eigenvalue weighted by atomic mass is 9.98. The van der Waals surface area contributed by atoms with E-state index in [0.29, 0.717) is 19.5 Å². The van der Waals surface area contributed by atoms with E-state index in [1.807, 2.05) is 36.1 Å². The zero-order valence-corrected chi connectivity index (χ0v) is 13.5. The summed E-state index contributed by atoms with van der Waals surface area (Å²) in [4.78, 5) is 14.2. The molecular formula is C16H23NO3S. The van der Waals surface area contributed by atoms with E-state index in [0.717, 1.165) is 24.0 Å². The van der Waals surface area contributed by atoms with Gasteiger partial charge in [-0.15, -0.1) is 0 Å². The van der Waals surface area contributed by atoms with Gasteiger partial charge < -0.3 is 4.90 Å². The van der Waals surface area contributed by atoms with Crippen LogP contribution in [0.15, 0.2) is 24.3 Å². The molecule has 21 heavy (non-hydrogen) atoms. The van der Waals surface area contributed by atoms with E-state index < -0.39 is 9.84 Å². The molecule has 0 aliphatic carbocycles. The highest BCUT2D eigenvalue weighted by molar-refractivity contribution is 7.90. The molecule has 1 aromatic rings. The number of hydrogen-bond acceptors (Lipinski definition) is 3. The number of nitrogens with zero attached hydrogens (tertiary/aromatic N) is 1. The first-order chi connectivity index (χ1) is 9.85. The molecule has 0 saturated carbocycles. The monoisotopic (exact) mass is 309 g/mol. The maximum Gasteiger partial charge on any atom is 0.226 e. The van der Waals surface area contributed by atoms with Crippen LogP contribution in [0.5, 0.6) is 0 Å². The Labute approximate surface area is 127 Å². The van der Waals surface area contributed by atoms with Crippen molar-refractivity contribution in [2.45, 2.75) is 26.2 Å². The molecule has 0 unspecified atom stereocenters. The first kappa shape index (κ1) is 16.0. The van der Waals surface area contributed by atoms with Gasteiger partial charge in [-0.1, -0.05) is 24.3 Å². The fourth-order valence-electron chi connectivity index (χ4n) is 2.86. The van der Waals surface area contributed by atoms with Gasteiger partial charge in [0.2, 0.25) is 5.91 Å². The van der Waals surface area contributed by atoms with Crippen molar-refractivity contribution in [2.75, 3.05) is 25.1 Å². The van der Waals surface area contributed by atoms with Crippen LogP contribution in [0, 0.1) is 12.8 Å². The Bertz CT molecular complexity index is 602. The van der Waals surface area contributed by atoms with Crippen LogP contribution in [0.1, 0.15) is 24.0 Å². The van der Waals surface area contributed by atoms with Gasteiger partial charge in [0.1, 0.15) is 9.84 Å². The van der Waals surface area contributed by atoms with Gasteiger partial charge in [0.15, 0.2) is 0 Å². The molecular weight excluding hydrogens is 286 g/mol. The molecule has 5 heteroatoms. The molecule has 4 nitrogen and oxygen atoms in total. The predicted octanol–water partition coefficient (Wildman–Crippen LogP) is 1.82. The molecule has 1 heterocycles. The molecule has 2 rings (SSSR count). The molecule has 0 aromatic heterocycles. The lowest BCUT2D eigenvalue weighted by molar-refractivity contribution is -0.131. The Kier molecular flexibility index (Phi) is 5.04. The summed E-state index contributed by atoms with van der Waals surface area (Å²) in [5.41, 5.74) is 2.21. The van der Waals surface area contributed by atoms with Crippen LogP contribution in [-0.2, 0) is 21.1 Å². The second-order valence-electron chi connectivity index (χ2n) is 6.02. The summed E-state index contributed by atoms with van der Waals surface area (Å²) in [5.74, 6) is 0.580. The van der Waals surface area contributed by atoms with Gasteiger partial charge in [0.25, 0.3) is 0 Å². The highest BCUT2D eigenvalue weighted by atomic mass is 32.2. The van der Waals surface area contributed by atoms with Crippen molar-refractivity contribution in [1.29, 1.82) is 0 Å². The van der Waals surface area contributed by atoms with Crippen LogP contribution >= 0.6 is 0 Å². The van der Waals surface area contributed by atoms with Crippen molar-refractivity contribution >= 4 is 15.7 Å². The van der Waals surface area contributed by atoms with E-state index in [2.05, 4.69) is 0 Å². The van der Waals surface area contributed by atoms with Crippen LogP contribution in [0.25, 0.3) is 0 Å². The van der Waals surface area contributed by atoms with E-state index in [1.54, 1.807) is 0 Å². The summed E-state index contributed by atoms with van der Waals surface area (Å²) in [5, 5.41) is 0. The molecule has 0 radical (unpaired) electrons. The van der Waals surface area contributed by atoms with Gasteiger partial charge in [-0.3, -0.25) is 4.79 Å². The highest BCUT2D eigenvalue weighted by Gasteiger charge is 2.25. The summed E-state index contributed by atoms with van der Waals surface area (Å²) in [7, 11) is -2.92. The number of hydrogen-bond donors (Lipinski definition) is 0. The molecule has 0 atom stereocenters. The summed E-state index contributed by atoms with van der Waals surface area (Å²) < 4.78 is 22.6. The quantitative estimate of drug-likeness (QED) is 0.852. The van der Waals surface area contributed by atoms with Gasteiger partial charge in [-0.25, -0.2) is 8.42 Å². The third kappa shape index (κ3) is 4.84. The topological polar surface area (TPSA) is 54.5 Å². The number of aryl methyl sites for hydroxylation is 1. The molecule has 1 aliphatic heterocycles. The first-order valence-electron chi connectivity index (χ1n) is 7.35. The number of likely N-dealkylation sites (tertiary alicyclic amines) is 1. The van der Waals surface area contributed by atoms with Crippen molar-refractivity contribution in [3.05, 3.63) is 35.4 Å². The number of benzene rings is 1. The number of sulfone groups is 1. The second-order valence-corrected chi connectivity index (χ2v) is 8.20. The predicted molar refractivity (Wildman–Crippen MR) is 83.9 cm³/mol. The fourth-order valence-corrected chi connectivity index (χ4v) is 4.05. The Morgan fingerprint density at radius 3 is 2.43 bits per heavy atom. The molecule has 1 aromatic carbocycles. The standard InChI is InChI=1S/C16H23NO3S/c1-13-5-3-4-6-15(13)11-16(18)17-9-7-14(8-10-17)12-21(2,19)20/h3-6,14H,7-12H2,1-2H3. The van der Waals surface area contributed by atoms with Crippen LogP contribution in [0.4, 0.5) is 0 Å². The van der Waals surface area contributed by atoms with Crippen molar-refractivity contribution < 1.29 is 13.2 Å². The number of rotatable bonds is 4. The van der Waals surface area contributed by atoms with Gasteiger partial charge in [-0.2, -0.15) is 0 Å². The molecule has 0 spiro atoms. The highest BCUT2D eigenvalue weighted by Crippen LogP contribution is 2.20. The smallest absolute Gasteiger partial charge is 0.226 e. The second kappa shape index (κ2) is 6.60. The SMILES string of the molecule is Cc1ccccc1CC(=O)N1CCC(CS(C)(=O)=O)CC1.